The molecule has 162 valence electrons. The summed E-state index contributed by atoms with van der Waals surface area (Å²) in [5, 5.41) is 4.75. The van der Waals surface area contributed by atoms with Gasteiger partial charge in [0.05, 0.1) is 17.2 Å². The van der Waals surface area contributed by atoms with Crippen LogP contribution in [0, 0.1) is 12.7 Å². The topological polar surface area (TPSA) is 51.2 Å². The highest BCUT2D eigenvalue weighted by atomic mass is 19.1. The average molecular weight is 421 g/mol. The maximum atomic E-state index is 15.0. The summed E-state index contributed by atoms with van der Waals surface area (Å²) in [6.07, 6.45) is 10.0. The van der Waals surface area contributed by atoms with Gasteiger partial charge in [0.2, 0.25) is 5.95 Å². The maximum Gasteiger partial charge on any atom is 0.243 e. The zero-order chi connectivity index (χ0) is 21.7. The minimum absolute atomic E-state index is 0.201. The van der Waals surface area contributed by atoms with Gasteiger partial charge >= 0.3 is 0 Å². The quantitative estimate of drug-likeness (QED) is 0.435. The van der Waals surface area contributed by atoms with Crippen molar-refractivity contribution in [2.45, 2.75) is 65.0 Å². The number of aryl methyl sites for hydroxylation is 1. The molecule has 1 saturated carbocycles. The first-order valence-electron chi connectivity index (χ1n) is 11.2. The summed E-state index contributed by atoms with van der Waals surface area (Å²) in [7, 11) is 2.08. The minimum atomic E-state index is -0.302. The molecule has 3 aromatic heterocycles. The molecule has 1 aromatic carbocycles. The number of hydrogen-bond acceptors (Lipinski definition) is 4. The molecule has 0 unspecified atom stereocenters. The Morgan fingerprint density at radius 3 is 2.65 bits per heavy atom. The van der Waals surface area contributed by atoms with Gasteiger partial charge in [-0.15, -0.1) is 5.10 Å². The van der Waals surface area contributed by atoms with Crippen LogP contribution in [0.5, 0.6) is 0 Å². The average Bonchev–Trinajstić information content (AvgIpc) is 3.34. The van der Waals surface area contributed by atoms with Gasteiger partial charge in [-0.25, -0.2) is 18.9 Å². The predicted molar refractivity (Wildman–Crippen MR) is 122 cm³/mol. The van der Waals surface area contributed by atoms with E-state index in [9.17, 15) is 4.39 Å². The van der Waals surface area contributed by atoms with Crippen LogP contribution in [0.4, 0.5) is 10.3 Å². The van der Waals surface area contributed by atoms with Crippen molar-refractivity contribution >= 4 is 22.5 Å². The molecule has 1 aliphatic rings. The molecule has 0 atom stereocenters. The van der Waals surface area contributed by atoms with E-state index in [-0.39, 0.29) is 11.9 Å². The molecule has 3 heterocycles. The highest BCUT2D eigenvalue weighted by molar-refractivity contribution is 5.88. The normalized spacial score (nSPS) is 15.4. The molecule has 0 spiro atoms. The van der Waals surface area contributed by atoms with Crippen LogP contribution in [-0.4, -0.2) is 37.2 Å². The third kappa shape index (κ3) is 3.36. The second-order valence-corrected chi connectivity index (χ2v) is 8.97. The molecule has 0 saturated heterocycles. The van der Waals surface area contributed by atoms with Gasteiger partial charge in [-0.05, 0) is 57.4 Å². The molecule has 0 amide bonds. The van der Waals surface area contributed by atoms with E-state index in [0.29, 0.717) is 11.6 Å². The van der Waals surface area contributed by atoms with Crippen LogP contribution in [0.15, 0.2) is 30.6 Å². The van der Waals surface area contributed by atoms with Crippen LogP contribution in [-0.2, 0) is 0 Å². The maximum absolute atomic E-state index is 15.0. The lowest BCUT2D eigenvalue weighted by Crippen LogP contribution is -2.34. The molecular weight excluding hydrogens is 391 g/mol. The SMILES string of the molecule is Cc1nc2c(F)cc(-c3ccn4nc(N(C)C5CCCCC5)ncc34)cc2n1C(C)C. The van der Waals surface area contributed by atoms with Crippen molar-refractivity contribution in [3.8, 4) is 11.1 Å². The Morgan fingerprint density at radius 2 is 1.90 bits per heavy atom. The Labute approximate surface area is 181 Å². The van der Waals surface area contributed by atoms with E-state index in [2.05, 4.69) is 40.3 Å². The first-order valence-corrected chi connectivity index (χ1v) is 11.2. The van der Waals surface area contributed by atoms with Gasteiger partial charge in [0.15, 0.2) is 5.82 Å². The van der Waals surface area contributed by atoms with E-state index in [0.717, 1.165) is 33.9 Å². The number of benzene rings is 1. The molecule has 0 radical (unpaired) electrons. The van der Waals surface area contributed by atoms with Crippen molar-refractivity contribution in [1.29, 1.82) is 0 Å². The lowest BCUT2D eigenvalue weighted by atomic mass is 9.95. The summed E-state index contributed by atoms with van der Waals surface area (Å²) in [5.41, 5.74) is 3.84. The number of anilines is 1. The fourth-order valence-electron chi connectivity index (χ4n) is 5.00. The molecule has 1 fully saturated rings. The van der Waals surface area contributed by atoms with E-state index < -0.39 is 0 Å². The third-order valence-corrected chi connectivity index (χ3v) is 6.60. The van der Waals surface area contributed by atoms with E-state index in [1.54, 1.807) is 6.07 Å². The van der Waals surface area contributed by atoms with Crippen molar-refractivity contribution < 1.29 is 4.39 Å². The van der Waals surface area contributed by atoms with Crippen LogP contribution in [0.25, 0.3) is 27.7 Å². The van der Waals surface area contributed by atoms with Crippen molar-refractivity contribution in [3.63, 3.8) is 0 Å². The molecule has 4 aromatic rings. The molecule has 5 rings (SSSR count). The van der Waals surface area contributed by atoms with Crippen LogP contribution >= 0.6 is 0 Å². The molecule has 7 heteroatoms. The summed E-state index contributed by atoms with van der Waals surface area (Å²) >= 11 is 0. The van der Waals surface area contributed by atoms with Crippen molar-refractivity contribution in [2.75, 3.05) is 11.9 Å². The van der Waals surface area contributed by atoms with Gasteiger partial charge in [0.25, 0.3) is 0 Å². The fraction of sp³-hybridized carbons (Fsp3) is 0.458. The molecule has 0 aliphatic heterocycles. The third-order valence-electron chi connectivity index (χ3n) is 6.60. The summed E-state index contributed by atoms with van der Waals surface area (Å²) in [4.78, 5) is 11.3. The van der Waals surface area contributed by atoms with E-state index in [1.165, 1.54) is 32.1 Å². The Balaban J connectivity index is 1.56. The fourth-order valence-corrected chi connectivity index (χ4v) is 5.00. The Bertz CT molecular complexity index is 1250. The Kier molecular flexibility index (Phi) is 4.91. The van der Waals surface area contributed by atoms with Crippen LogP contribution in [0.3, 0.4) is 0 Å². The summed E-state index contributed by atoms with van der Waals surface area (Å²) < 4.78 is 18.9. The first-order chi connectivity index (χ1) is 14.9. The standard InChI is InChI=1S/C24H29FN6/c1-15(2)31-16(3)27-23-20(25)12-17(13-21(23)31)19-10-11-30-22(19)14-26-24(28-30)29(4)18-8-6-5-7-9-18/h10-15,18H,5-9H2,1-4H3. The summed E-state index contributed by atoms with van der Waals surface area (Å²) in [6, 6.07) is 6.27. The van der Waals surface area contributed by atoms with Crippen molar-refractivity contribution in [2.24, 2.45) is 0 Å². The first kappa shape index (κ1) is 20.0. The molecule has 0 N–H and O–H groups in total. The molecule has 1 aliphatic carbocycles. The molecule has 6 nitrogen and oxygen atoms in total. The van der Waals surface area contributed by atoms with E-state index in [4.69, 9.17) is 5.10 Å². The second-order valence-electron chi connectivity index (χ2n) is 8.97. The number of nitrogens with zero attached hydrogens (tertiary/aromatic N) is 6. The number of imidazole rings is 1. The highest BCUT2D eigenvalue weighted by Gasteiger charge is 2.21. The Morgan fingerprint density at radius 1 is 1.13 bits per heavy atom. The highest BCUT2D eigenvalue weighted by Crippen LogP contribution is 2.32. The number of aromatic nitrogens is 5. The van der Waals surface area contributed by atoms with E-state index in [1.807, 2.05) is 36.0 Å². The van der Waals surface area contributed by atoms with Gasteiger partial charge in [-0.3, -0.25) is 0 Å². The number of halogens is 1. The van der Waals surface area contributed by atoms with Crippen molar-refractivity contribution in [1.82, 2.24) is 24.1 Å². The van der Waals surface area contributed by atoms with Crippen LogP contribution in [0.2, 0.25) is 0 Å². The molecule has 31 heavy (non-hydrogen) atoms. The predicted octanol–water partition coefficient (Wildman–Crippen LogP) is 5.54. The zero-order valence-electron chi connectivity index (χ0n) is 18.6. The summed E-state index contributed by atoms with van der Waals surface area (Å²) in [6.45, 7) is 6.10. The smallest absolute Gasteiger partial charge is 0.243 e. The largest absolute Gasteiger partial charge is 0.340 e. The second kappa shape index (κ2) is 7.62. The lowest BCUT2D eigenvalue weighted by Gasteiger charge is -2.31. The minimum Gasteiger partial charge on any atom is -0.340 e. The van der Waals surface area contributed by atoms with Gasteiger partial charge in [-0.2, -0.15) is 0 Å². The van der Waals surface area contributed by atoms with Gasteiger partial charge in [0, 0.05) is 30.9 Å². The number of fused-ring (bicyclic) bond motifs is 2. The van der Waals surface area contributed by atoms with Gasteiger partial charge in [-0.1, -0.05) is 19.3 Å². The Hall–Kier alpha value is -2.96. The molecular formula is C24H29FN6. The number of rotatable bonds is 4. The van der Waals surface area contributed by atoms with Gasteiger partial charge in [0.1, 0.15) is 11.3 Å². The van der Waals surface area contributed by atoms with Crippen LogP contribution < -0.4 is 4.90 Å². The zero-order valence-corrected chi connectivity index (χ0v) is 18.6. The lowest BCUT2D eigenvalue weighted by molar-refractivity contribution is 0.423. The summed E-state index contributed by atoms with van der Waals surface area (Å²) in [5.74, 6) is 1.25. The van der Waals surface area contributed by atoms with E-state index >= 15 is 0 Å². The monoisotopic (exact) mass is 420 g/mol. The van der Waals surface area contributed by atoms with Gasteiger partial charge < -0.3 is 9.47 Å². The molecule has 0 bridgehead atoms. The number of hydrogen-bond donors (Lipinski definition) is 0. The van der Waals surface area contributed by atoms with Crippen LogP contribution in [0.1, 0.15) is 57.8 Å². The van der Waals surface area contributed by atoms with Crippen molar-refractivity contribution in [3.05, 3.63) is 42.2 Å².